The summed E-state index contributed by atoms with van der Waals surface area (Å²) >= 11 is 13.6. The van der Waals surface area contributed by atoms with E-state index in [9.17, 15) is 9.90 Å². The Morgan fingerprint density at radius 2 is 1.72 bits per heavy atom. The van der Waals surface area contributed by atoms with E-state index in [0.717, 1.165) is 60.9 Å². The monoisotopic (exact) mass is 818 g/mol. The average Bonchev–Trinajstić information content (AvgIpc) is 3.82. The van der Waals surface area contributed by atoms with Crippen molar-refractivity contribution in [2.75, 3.05) is 25.2 Å². The number of ether oxygens (including phenoxy) is 2. The van der Waals surface area contributed by atoms with Gasteiger partial charge in [-0.15, -0.1) is 0 Å². The van der Waals surface area contributed by atoms with Gasteiger partial charge in [-0.25, -0.2) is 4.79 Å². The third-order valence-electron chi connectivity index (χ3n) is 11.3. The minimum Gasteiger partial charge on any atom is -0.497 e. The molecule has 58 heavy (non-hydrogen) atoms. The molecule has 1 N–H and O–H groups in total. The number of benzene rings is 3. The van der Waals surface area contributed by atoms with Gasteiger partial charge >= 0.3 is 5.97 Å². The number of aromatic nitrogens is 5. The summed E-state index contributed by atoms with van der Waals surface area (Å²) in [5.41, 5.74) is 9.80. The standard InChI is InChI=1S/C45H44Cl2N6O5/c1-24-18-32(19-25(2)40(24)47)58-17-9-11-33-34-13-14-35(46)39(38-27(4)49-50(6)28(38)5)42(34)53-26(3)22-52(44(54)43(33)53)36-12-8-10-29-20-37(45(55)56)51(41(29)36)23-30-21-31(57-7)15-16-48-30/h8,10,12-16,18-21,26H,9,11,17,22-23H2,1-7H3,(H,55,56). The molecule has 4 aromatic heterocycles. The Kier molecular flexibility index (Phi) is 10.2. The van der Waals surface area contributed by atoms with E-state index in [-0.39, 0.29) is 24.2 Å². The number of para-hydroxylation sites is 1. The Labute approximate surface area is 346 Å². The van der Waals surface area contributed by atoms with Gasteiger partial charge in [0.25, 0.3) is 5.91 Å². The van der Waals surface area contributed by atoms with Crippen molar-refractivity contribution in [1.29, 1.82) is 0 Å². The number of nitrogens with zero attached hydrogens (tertiary/aromatic N) is 6. The van der Waals surface area contributed by atoms with Gasteiger partial charge in [-0.1, -0.05) is 41.4 Å². The van der Waals surface area contributed by atoms with Gasteiger partial charge in [0.1, 0.15) is 22.9 Å². The molecule has 3 aromatic carbocycles. The highest BCUT2D eigenvalue weighted by molar-refractivity contribution is 6.35. The van der Waals surface area contributed by atoms with Gasteiger partial charge in [0.2, 0.25) is 0 Å². The third-order valence-corrected chi connectivity index (χ3v) is 12.2. The van der Waals surface area contributed by atoms with Crippen molar-refractivity contribution in [2.45, 2.75) is 60.0 Å². The number of methoxy groups -OCH3 is 1. The number of aryl methyl sites for hydroxylation is 5. The number of carbonyl (C=O) groups is 2. The number of aromatic carboxylic acids is 1. The molecule has 0 aliphatic carbocycles. The highest BCUT2D eigenvalue weighted by atomic mass is 35.5. The summed E-state index contributed by atoms with van der Waals surface area (Å²) in [5, 5.41) is 18.1. The maximum Gasteiger partial charge on any atom is 0.352 e. The molecule has 0 saturated carbocycles. The quantitative estimate of drug-likeness (QED) is 0.129. The van der Waals surface area contributed by atoms with Crippen LogP contribution in [0.1, 0.15) is 74.1 Å². The lowest BCUT2D eigenvalue weighted by molar-refractivity contribution is 0.0686. The number of amides is 1. The van der Waals surface area contributed by atoms with E-state index >= 15 is 4.79 Å². The SMILES string of the molecule is COc1ccnc(Cn2c(C(=O)O)cc3cccc(N4CC(C)n5c(c(CCCOc6cc(C)c(Cl)c(C)c6)c6ccc(Cl)c(-c7c(C)nn(C)c7C)c65)C4=O)c32)c1. The molecule has 0 fully saturated rings. The van der Waals surface area contributed by atoms with Crippen LogP contribution in [-0.4, -0.2) is 61.1 Å². The van der Waals surface area contributed by atoms with Gasteiger partial charge in [-0.05, 0) is 101 Å². The number of anilines is 1. The van der Waals surface area contributed by atoms with Gasteiger partial charge in [-0.3, -0.25) is 14.5 Å². The molecule has 0 bridgehead atoms. The first-order valence-corrected chi connectivity index (χ1v) is 20.0. The second-order valence-corrected chi connectivity index (χ2v) is 15.9. The summed E-state index contributed by atoms with van der Waals surface area (Å²) in [7, 11) is 3.50. The van der Waals surface area contributed by atoms with Crippen LogP contribution in [0.4, 0.5) is 5.69 Å². The molecule has 298 valence electrons. The first-order valence-electron chi connectivity index (χ1n) is 19.2. The van der Waals surface area contributed by atoms with Gasteiger partial charge in [0, 0.05) is 64.5 Å². The molecule has 1 unspecified atom stereocenters. The summed E-state index contributed by atoms with van der Waals surface area (Å²) in [4.78, 5) is 34.4. The summed E-state index contributed by atoms with van der Waals surface area (Å²) < 4.78 is 17.4. The van der Waals surface area contributed by atoms with Crippen molar-refractivity contribution >= 4 is 62.6 Å². The van der Waals surface area contributed by atoms with Crippen LogP contribution in [0.15, 0.2) is 66.9 Å². The molecule has 5 heterocycles. The number of carbonyl (C=O) groups excluding carboxylic acids is 1. The van der Waals surface area contributed by atoms with Crippen molar-refractivity contribution < 1.29 is 24.2 Å². The number of carboxylic acids is 1. The zero-order valence-electron chi connectivity index (χ0n) is 33.5. The minimum atomic E-state index is -1.08. The molecular weight excluding hydrogens is 775 g/mol. The van der Waals surface area contributed by atoms with E-state index < -0.39 is 5.97 Å². The van der Waals surface area contributed by atoms with Crippen LogP contribution in [0, 0.1) is 27.7 Å². The summed E-state index contributed by atoms with van der Waals surface area (Å²) in [6.07, 6.45) is 2.81. The zero-order valence-corrected chi connectivity index (χ0v) is 35.0. The zero-order chi connectivity index (χ0) is 41.2. The molecule has 11 nitrogen and oxygen atoms in total. The molecule has 7 aromatic rings. The van der Waals surface area contributed by atoms with Crippen molar-refractivity contribution in [3.8, 4) is 22.6 Å². The molecule has 1 amide bonds. The molecular formula is C45H44Cl2N6O5. The van der Waals surface area contributed by atoms with Crippen LogP contribution in [0.25, 0.3) is 32.9 Å². The Hall–Kier alpha value is -5.78. The summed E-state index contributed by atoms with van der Waals surface area (Å²) in [6, 6.07) is 18.4. The Morgan fingerprint density at radius 3 is 2.41 bits per heavy atom. The largest absolute Gasteiger partial charge is 0.497 e. The van der Waals surface area contributed by atoms with E-state index in [0.29, 0.717) is 64.7 Å². The van der Waals surface area contributed by atoms with E-state index in [4.69, 9.17) is 37.8 Å². The predicted octanol–water partition coefficient (Wildman–Crippen LogP) is 9.92. The van der Waals surface area contributed by atoms with Crippen molar-refractivity contribution in [3.05, 3.63) is 122 Å². The molecule has 1 aliphatic heterocycles. The third kappa shape index (κ3) is 6.56. The summed E-state index contributed by atoms with van der Waals surface area (Å²) in [5.74, 6) is 0.0883. The number of hydrogen-bond acceptors (Lipinski definition) is 6. The van der Waals surface area contributed by atoms with Crippen LogP contribution >= 0.6 is 23.2 Å². The lowest BCUT2D eigenvalue weighted by atomic mass is 9.98. The fourth-order valence-corrected chi connectivity index (χ4v) is 8.99. The van der Waals surface area contributed by atoms with Gasteiger partial charge in [0.05, 0.1) is 53.4 Å². The number of rotatable bonds is 11. The topological polar surface area (TPSA) is 117 Å². The number of pyridine rings is 1. The highest BCUT2D eigenvalue weighted by Crippen LogP contribution is 2.46. The fourth-order valence-electron chi connectivity index (χ4n) is 8.63. The van der Waals surface area contributed by atoms with E-state index in [1.807, 2.05) is 81.9 Å². The lowest BCUT2D eigenvalue weighted by Gasteiger charge is -2.35. The smallest absolute Gasteiger partial charge is 0.352 e. The second-order valence-electron chi connectivity index (χ2n) is 15.1. The van der Waals surface area contributed by atoms with E-state index in [1.54, 1.807) is 41.0 Å². The molecule has 1 aliphatic rings. The number of carboxylic acid groups (broad SMARTS) is 1. The predicted molar refractivity (Wildman–Crippen MR) is 229 cm³/mol. The number of fused-ring (bicyclic) bond motifs is 4. The summed E-state index contributed by atoms with van der Waals surface area (Å²) in [6.45, 7) is 10.9. The molecule has 0 saturated heterocycles. The van der Waals surface area contributed by atoms with Crippen LogP contribution < -0.4 is 14.4 Å². The second kappa shape index (κ2) is 15.2. The maximum atomic E-state index is 15.4. The van der Waals surface area contributed by atoms with E-state index in [1.165, 1.54) is 0 Å². The fraction of sp³-hybridized carbons (Fsp3) is 0.289. The lowest BCUT2D eigenvalue weighted by Crippen LogP contribution is -2.43. The number of halogens is 2. The Balaban J connectivity index is 1.28. The van der Waals surface area contributed by atoms with Crippen LogP contribution in [0.3, 0.4) is 0 Å². The van der Waals surface area contributed by atoms with Gasteiger partial charge < -0.3 is 28.6 Å². The van der Waals surface area contributed by atoms with Crippen LogP contribution in [0.5, 0.6) is 11.5 Å². The molecule has 0 radical (unpaired) electrons. The van der Waals surface area contributed by atoms with Gasteiger partial charge in [-0.2, -0.15) is 5.10 Å². The van der Waals surface area contributed by atoms with E-state index in [2.05, 4.69) is 16.5 Å². The Morgan fingerprint density at radius 1 is 0.966 bits per heavy atom. The molecule has 1 atom stereocenters. The normalized spacial score (nSPS) is 14.1. The Bertz CT molecular complexity index is 2780. The highest BCUT2D eigenvalue weighted by Gasteiger charge is 2.38. The first-order chi connectivity index (χ1) is 27.8. The minimum absolute atomic E-state index is 0.0898. The van der Waals surface area contributed by atoms with Crippen molar-refractivity contribution in [1.82, 2.24) is 23.9 Å². The maximum absolute atomic E-state index is 15.4. The average molecular weight is 820 g/mol. The molecule has 13 heteroatoms. The van der Waals surface area contributed by atoms with Crippen LogP contribution in [-0.2, 0) is 20.0 Å². The van der Waals surface area contributed by atoms with Crippen molar-refractivity contribution in [3.63, 3.8) is 0 Å². The number of hydrogen-bond donors (Lipinski definition) is 1. The van der Waals surface area contributed by atoms with Crippen LogP contribution in [0.2, 0.25) is 10.0 Å². The first kappa shape index (κ1) is 39.1. The molecule has 0 spiro atoms. The van der Waals surface area contributed by atoms with Gasteiger partial charge in [0.15, 0.2) is 0 Å². The molecule has 8 rings (SSSR count). The van der Waals surface area contributed by atoms with Crippen molar-refractivity contribution in [2.24, 2.45) is 7.05 Å².